The van der Waals surface area contributed by atoms with Crippen molar-refractivity contribution in [2.75, 3.05) is 13.2 Å². The van der Waals surface area contributed by atoms with E-state index >= 15 is 0 Å². The number of hydrogen-bond acceptors (Lipinski definition) is 6. The van der Waals surface area contributed by atoms with E-state index in [0.717, 1.165) is 89.9 Å². The highest BCUT2D eigenvalue weighted by atomic mass is 16.6. The van der Waals surface area contributed by atoms with E-state index < -0.39 is 6.10 Å². The summed E-state index contributed by atoms with van der Waals surface area (Å²) in [6.45, 7) is 6.44. The van der Waals surface area contributed by atoms with Gasteiger partial charge in [-0.2, -0.15) is 0 Å². The molecule has 0 aromatic heterocycles. The Kier molecular flexibility index (Phi) is 59.7. The summed E-state index contributed by atoms with van der Waals surface area (Å²) in [4.78, 5) is 38.1. The monoisotopic (exact) mass is 1030 g/mol. The van der Waals surface area contributed by atoms with Crippen LogP contribution in [-0.2, 0) is 28.6 Å². The van der Waals surface area contributed by atoms with E-state index in [1.807, 2.05) is 6.08 Å². The van der Waals surface area contributed by atoms with Crippen LogP contribution in [-0.4, -0.2) is 37.2 Å². The van der Waals surface area contributed by atoms with Gasteiger partial charge >= 0.3 is 17.9 Å². The second kappa shape index (κ2) is 62.4. The molecule has 0 aromatic carbocycles. The Morgan fingerprint density at radius 2 is 0.568 bits per heavy atom. The maximum atomic E-state index is 12.8. The first kappa shape index (κ1) is 70.8. The Morgan fingerprint density at radius 3 is 0.946 bits per heavy atom. The molecular weight excluding hydrogens is 913 g/mol. The summed E-state index contributed by atoms with van der Waals surface area (Å²) >= 11 is 0. The van der Waals surface area contributed by atoms with Crippen molar-refractivity contribution in [2.45, 2.75) is 329 Å². The van der Waals surface area contributed by atoms with E-state index in [2.05, 4.69) is 87.6 Å². The van der Waals surface area contributed by atoms with Gasteiger partial charge in [0.2, 0.25) is 0 Å². The lowest BCUT2D eigenvalue weighted by atomic mass is 10.0. The first-order chi connectivity index (χ1) is 36.5. The Labute approximate surface area is 459 Å². The van der Waals surface area contributed by atoms with Crippen LogP contribution >= 0.6 is 0 Å². The van der Waals surface area contributed by atoms with Crippen molar-refractivity contribution in [3.05, 3.63) is 72.9 Å². The molecule has 428 valence electrons. The van der Waals surface area contributed by atoms with Crippen molar-refractivity contribution < 1.29 is 28.6 Å². The van der Waals surface area contributed by atoms with Crippen LogP contribution in [0, 0.1) is 0 Å². The van der Waals surface area contributed by atoms with Crippen molar-refractivity contribution >= 4 is 17.9 Å². The summed E-state index contributed by atoms with van der Waals surface area (Å²) in [5, 5.41) is 0. The average molecular weight is 1030 g/mol. The van der Waals surface area contributed by atoms with Crippen molar-refractivity contribution in [1.29, 1.82) is 0 Å². The molecule has 0 radical (unpaired) electrons. The van der Waals surface area contributed by atoms with Crippen LogP contribution in [0.2, 0.25) is 0 Å². The summed E-state index contributed by atoms with van der Waals surface area (Å²) in [7, 11) is 0. The third-order valence-corrected chi connectivity index (χ3v) is 14.0. The van der Waals surface area contributed by atoms with Crippen LogP contribution in [0.15, 0.2) is 72.9 Å². The fraction of sp³-hybridized carbons (Fsp3) is 0.779. The Balaban J connectivity index is 4.19. The Hall–Kier alpha value is -3.15. The molecule has 0 heterocycles. The molecule has 1 atom stereocenters. The van der Waals surface area contributed by atoms with E-state index in [1.54, 1.807) is 0 Å². The second-order valence-corrected chi connectivity index (χ2v) is 21.3. The topological polar surface area (TPSA) is 78.9 Å². The molecule has 0 aliphatic rings. The van der Waals surface area contributed by atoms with E-state index in [9.17, 15) is 14.4 Å². The highest BCUT2D eigenvalue weighted by Crippen LogP contribution is 2.18. The van der Waals surface area contributed by atoms with Gasteiger partial charge in [-0.15, -0.1) is 0 Å². The van der Waals surface area contributed by atoms with Crippen molar-refractivity contribution in [1.82, 2.24) is 0 Å². The fourth-order valence-corrected chi connectivity index (χ4v) is 9.18. The van der Waals surface area contributed by atoms with Crippen molar-refractivity contribution in [2.24, 2.45) is 0 Å². The lowest BCUT2D eigenvalue weighted by Crippen LogP contribution is -2.30. The molecule has 0 amide bonds. The molecular formula is C68H120O6. The van der Waals surface area contributed by atoms with Gasteiger partial charge in [0.05, 0.1) is 0 Å². The van der Waals surface area contributed by atoms with Gasteiger partial charge in [-0.05, 0) is 70.6 Å². The van der Waals surface area contributed by atoms with E-state index in [1.165, 1.54) is 186 Å². The zero-order chi connectivity index (χ0) is 53.6. The number of unbranched alkanes of at least 4 members (excludes halogenated alkanes) is 35. The van der Waals surface area contributed by atoms with Gasteiger partial charge in [0.25, 0.3) is 0 Å². The number of esters is 3. The molecule has 0 rings (SSSR count). The molecule has 0 bridgehead atoms. The van der Waals surface area contributed by atoms with Crippen LogP contribution in [0.1, 0.15) is 323 Å². The summed E-state index contributed by atoms with van der Waals surface area (Å²) in [6.07, 6.45) is 80.9. The molecule has 6 nitrogen and oxygen atoms in total. The van der Waals surface area contributed by atoms with Crippen molar-refractivity contribution in [3.63, 3.8) is 0 Å². The normalized spacial score (nSPS) is 12.5. The Morgan fingerprint density at radius 1 is 0.284 bits per heavy atom. The van der Waals surface area contributed by atoms with Gasteiger partial charge in [0.15, 0.2) is 6.10 Å². The molecule has 0 aliphatic carbocycles. The Bertz CT molecular complexity index is 1370. The molecule has 1 unspecified atom stereocenters. The molecule has 0 aromatic rings. The minimum absolute atomic E-state index is 0.101. The summed E-state index contributed by atoms with van der Waals surface area (Å²) in [6, 6.07) is 0. The molecule has 74 heavy (non-hydrogen) atoms. The predicted molar refractivity (Wildman–Crippen MR) is 321 cm³/mol. The quantitative estimate of drug-likeness (QED) is 0.0261. The fourth-order valence-electron chi connectivity index (χ4n) is 9.18. The van der Waals surface area contributed by atoms with Gasteiger partial charge in [0.1, 0.15) is 13.2 Å². The third-order valence-electron chi connectivity index (χ3n) is 14.0. The van der Waals surface area contributed by atoms with E-state index in [0.29, 0.717) is 19.3 Å². The zero-order valence-corrected chi connectivity index (χ0v) is 49.1. The molecule has 0 fully saturated rings. The number of carbonyl (C=O) groups is 3. The maximum absolute atomic E-state index is 12.8. The maximum Gasteiger partial charge on any atom is 0.306 e. The lowest BCUT2D eigenvalue weighted by molar-refractivity contribution is -0.166. The third kappa shape index (κ3) is 59.7. The summed E-state index contributed by atoms with van der Waals surface area (Å²) < 4.78 is 16.8. The number of allylic oxidation sites excluding steroid dienone is 12. The van der Waals surface area contributed by atoms with Crippen LogP contribution in [0.3, 0.4) is 0 Å². The molecule has 6 heteroatoms. The minimum atomic E-state index is -0.811. The van der Waals surface area contributed by atoms with Gasteiger partial charge < -0.3 is 14.2 Å². The van der Waals surface area contributed by atoms with E-state index in [-0.39, 0.29) is 37.5 Å². The molecule has 0 saturated carbocycles. The first-order valence-electron chi connectivity index (χ1n) is 31.9. The van der Waals surface area contributed by atoms with Crippen molar-refractivity contribution in [3.8, 4) is 0 Å². The molecule has 0 aliphatic heterocycles. The lowest BCUT2D eigenvalue weighted by Gasteiger charge is -2.18. The van der Waals surface area contributed by atoms with Gasteiger partial charge in [0, 0.05) is 19.3 Å². The van der Waals surface area contributed by atoms with E-state index in [4.69, 9.17) is 14.2 Å². The van der Waals surface area contributed by atoms with Crippen LogP contribution < -0.4 is 0 Å². The summed E-state index contributed by atoms with van der Waals surface area (Å²) in [5.41, 5.74) is 0. The van der Waals surface area contributed by atoms with Crippen LogP contribution in [0.25, 0.3) is 0 Å². The number of rotatable bonds is 58. The highest BCUT2D eigenvalue weighted by Gasteiger charge is 2.19. The molecule has 0 N–H and O–H groups in total. The van der Waals surface area contributed by atoms with Crippen LogP contribution in [0.4, 0.5) is 0 Å². The van der Waals surface area contributed by atoms with Gasteiger partial charge in [-0.3, -0.25) is 14.4 Å². The summed E-state index contributed by atoms with van der Waals surface area (Å²) in [5.74, 6) is -0.989. The first-order valence-corrected chi connectivity index (χ1v) is 31.9. The minimum Gasteiger partial charge on any atom is -0.462 e. The second-order valence-electron chi connectivity index (χ2n) is 21.3. The number of carbonyl (C=O) groups excluding carboxylic acids is 3. The number of ether oxygens (including phenoxy) is 3. The van der Waals surface area contributed by atoms with Gasteiger partial charge in [-0.1, -0.05) is 306 Å². The average Bonchev–Trinajstić information content (AvgIpc) is 3.40. The zero-order valence-electron chi connectivity index (χ0n) is 49.1. The standard InChI is InChI=1S/C68H120O6/c1-4-7-10-13-16-19-22-25-27-28-29-30-31-32-33-34-35-36-37-38-39-40-41-44-46-49-52-55-58-61-67(70)73-64-65(63-72-66(69)60-57-54-51-48-45-42-24-21-18-15-12-9-6-3)74-68(71)62-59-56-53-50-47-43-26-23-20-17-14-11-8-5-2/h9,12,14,17-18,21,23,26,42,45,51,54,65H,4-8,10-11,13,15-16,19-20,22,24-25,27-41,43-44,46-50,52-53,55-64H2,1-3H3/b12-9-,17-14-,21-18-,26-23-,45-42-,54-51-. The van der Waals surface area contributed by atoms with Gasteiger partial charge in [-0.25, -0.2) is 0 Å². The molecule has 0 spiro atoms. The number of hydrogen-bond donors (Lipinski definition) is 0. The predicted octanol–water partition coefficient (Wildman–Crippen LogP) is 21.7. The SMILES string of the molecule is CC/C=C\C/C=C\C/C=C\C/C=C\CCC(=O)OCC(COC(=O)CCCCCCCCCCCCCCCCCCCCCCCCCCCCCCC)OC(=O)CCCCCCC/C=C\C/C=C\CCCC. The molecule has 0 saturated heterocycles. The largest absolute Gasteiger partial charge is 0.462 e. The highest BCUT2D eigenvalue weighted by molar-refractivity contribution is 5.71. The van der Waals surface area contributed by atoms with Crippen LogP contribution in [0.5, 0.6) is 0 Å². The smallest absolute Gasteiger partial charge is 0.306 e.